The van der Waals surface area contributed by atoms with Gasteiger partial charge in [0.15, 0.2) is 5.54 Å². The molecule has 5 heteroatoms. The van der Waals surface area contributed by atoms with E-state index < -0.39 is 18.2 Å². The van der Waals surface area contributed by atoms with Crippen LogP contribution in [-0.2, 0) is 4.79 Å². The molecule has 0 aromatic carbocycles. The number of alkyl halides is 1. The molecule has 1 unspecified atom stereocenters. The van der Waals surface area contributed by atoms with Crippen molar-refractivity contribution >= 4 is 18.6 Å². The molecule has 0 rings (SSSR count). The molecule has 0 bridgehead atoms. The molecule has 0 heterocycles. The van der Waals surface area contributed by atoms with Gasteiger partial charge in [-0.3, -0.25) is 4.79 Å². The molecule has 0 aromatic heterocycles. The first kappa shape index (κ1) is 8.71. The second kappa shape index (κ2) is 3.03. The van der Waals surface area contributed by atoms with Gasteiger partial charge in [-0.25, -0.2) is 4.39 Å². The van der Waals surface area contributed by atoms with Crippen LogP contribution in [0.2, 0.25) is 0 Å². The molecule has 0 aliphatic rings. The summed E-state index contributed by atoms with van der Waals surface area (Å²) in [6.07, 6.45) is 0. The van der Waals surface area contributed by atoms with Crippen LogP contribution < -0.4 is 5.73 Å². The SMILES string of the molecule is NC(CF)(CS)C(=O)O. The molecule has 0 amide bonds. The molecule has 0 aromatic rings. The second-order valence-corrected chi connectivity index (χ2v) is 2.07. The fourth-order valence-corrected chi connectivity index (χ4v) is 0.387. The number of halogens is 1. The van der Waals surface area contributed by atoms with E-state index in [1.54, 1.807) is 0 Å². The summed E-state index contributed by atoms with van der Waals surface area (Å²) in [6, 6.07) is 0. The maximum Gasteiger partial charge on any atom is 0.327 e. The molecular weight excluding hydrogens is 145 g/mol. The van der Waals surface area contributed by atoms with Gasteiger partial charge in [0, 0.05) is 5.75 Å². The Hall–Kier alpha value is -0.290. The highest BCUT2D eigenvalue weighted by Crippen LogP contribution is 2.03. The number of carbonyl (C=O) groups is 1. The van der Waals surface area contributed by atoms with Gasteiger partial charge in [0.05, 0.1) is 0 Å². The van der Waals surface area contributed by atoms with Crippen LogP contribution in [-0.4, -0.2) is 29.0 Å². The van der Waals surface area contributed by atoms with Gasteiger partial charge in [-0.1, -0.05) is 0 Å². The quantitative estimate of drug-likeness (QED) is 0.486. The number of aliphatic carboxylic acids is 1. The van der Waals surface area contributed by atoms with Crippen LogP contribution in [0, 0.1) is 0 Å². The number of nitrogens with two attached hydrogens (primary N) is 1. The fourth-order valence-electron chi connectivity index (χ4n) is 0.167. The summed E-state index contributed by atoms with van der Waals surface area (Å²) in [7, 11) is 0. The summed E-state index contributed by atoms with van der Waals surface area (Å²) < 4.78 is 11.7. The normalized spacial score (nSPS) is 16.8. The van der Waals surface area contributed by atoms with Crippen LogP contribution in [0.25, 0.3) is 0 Å². The first-order valence-electron chi connectivity index (χ1n) is 2.26. The molecule has 0 aliphatic heterocycles. The minimum atomic E-state index is -1.80. The number of thiol groups is 1. The van der Waals surface area contributed by atoms with Crippen molar-refractivity contribution in [3.8, 4) is 0 Å². The monoisotopic (exact) mass is 153 g/mol. The highest BCUT2D eigenvalue weighted by molar-refractivity contribution is 7.80. The molecule has 0 fully saturated rings. The molecule has 0 saturated carbocycles. The van der Waals surface area contributed by atoms with Crippen molar-refractivity contribution in [3.05, 3.63) is 0 Å². The Morgan fingerprint density at radius 3 is 2.33 bits per heavy atom. The van der Waals surface area contributed by atoms with Crippen molar-refractivity contribution in [2.24, 2.45) is 5.73 Å². The predicted molar refractivity (Wildman–Crippen MR) is 34.4 cm³/mol. The van der Waals surface area contributed by atoms with Crippen LogP contribution >= 0.6 is 12.6 Å². The fraction of sp³-hybridized carbons (Fsp3) is 0.750. The summed E-state index contributed by atoms with van der Waals surface area (Å²) in [6.45, 7) is -1.09. The summed E-state index contributed by atoms with van der Waals surface area (Å²) in [5.41, 5.74) is 3.19. The van der Waals surface area contributed by atoms with Gasteiger partial charge in [-0.15, -0.1) is 0 Å². The zero-order chi connectivity index (χ0) is 7.49. The van der Waals surface area contributed by atoms with Crippen molar-refractivity contribution in [2.45, 2.75) is 5.54 Å². The van der Waals surface area contributed by atoms with Crippen LogP contribution in [0.15, 0.2) is 0 Å². The first-order valence-corrected chi connectivity index (χ1v) is 2.89. The van der Waals surface area contributed by atoms with Gasteiger partial charge in [-0.05, 0) is 0 Å². The third-order valence-corrected chi connectivity index (χ3v) is 1.51. The Kier molecular flexibility index (Phi) is 2.93. The summed E-state index contributed by atoms with van der Waals surface area (Å²) >= 11 is 3.57. The van der Waals surface area contributed by atoms with E-state index >= 15 is 0 Å². The van der Waals surface area contributed by atoms with Gasteiger partial charge in [0.2, 0.25) is 0 Å². The van der Waals surface area contributed by atoms with Crippen molar-refractivity contribution in [3.63, 3.8) is 0 Å². The molecule has 9 heavy (non-hydrogen) atoms. The molecule has 3 N–H and O–H groups in total. The van der Waals surface area contributed by atoms with Crippen molar-refractivity contribution in [1.82, 2.24) is 0 Å². The van der Waals surface area contributed by atoms with Crippen molar-refractivity contribution in [2.75, 3.05) is 12.4 Å². The molecule has 54 valence electrons. The Morgan fingerprint density at radius 1 is 1.89 bits per heavy atom. The van der Waals surface area contributed by atoms with E-state index in [2.05, 4.69) is 12.6 Å². The van der Waals surface area contributed by atoms with E-state index in [-0.39, 0.29) is 5.75 Å². The molecule has 0 saturated heterocycles. The zero-order valence-electron chi connectivity index (χ0n) is 4.67. The number of carboxylic acid groups (broad SMARTS) is 1. The summed E-state index contributed by atoms with van der Waals surface area (Å²) in [5, 5.41) is 8.22. The van der Waals surface area contributed by atoms with Crippen LogP contribution in [0.5, 0.6) is 0 Å². The van der Waals surface area contributed by atoms with Gasteiger partial charge < -0.3 is 10.8 Å². The number of hydrogen-bond acceptors (Lipinski definition) is 3. The third-order valence-electron chi connectivity index (χ3n) is 0.947. The largest absolute Gasteiger partial charge is 0.480 e. The number of rotatable bonds is 3. The highest BCUT2D eigenvalue weighted by Gasteiger charge is 2.32. The predicted octanol–water partition coefficient (Wildman–Crippen LogP) is -0.332. The van der Waals surface area contributed by atoms with Gasteiger partial charge in [0.25, 0.3) is 0 Å². The average molecular weight is 153 g/mol. The lowest BCUT2D eigenvalue weighted by molar-refractivity contribution is -0.142. The smallest absolute Gasteiger partial charge is 0.327 e. The Labute approximate surface area is 57.5 Å². The average Bonchev–Trinajstić information content (AvgIpc) is 1.86. The molecule has 3 nitrogen and oxygen atoms in total. The van der Waals surface area contributed by atoms with Crippen molar-refractivity contribution in [1.29, 1.82) is 0 Å². The molecule has 0 radical (unpaired) electrons. The minimum absolute atomic E-state index is 0.196. The van der Waals surface area contributed by atoms with E-state index in [0.29, 0.717) is 0 Å². The molecule has 0 spiro atoms. The maximum absolute atomic E-state index is 11.7. The van der Waals surface area contributed by atoms with E-state index in [9.17, 15) is 9.18 Å². The van der Waals surface area contributed by atoms with Crippen LogP contribution in [0.4, 0.5) is 4.39 Å². The van der Waals surface area contributed by atoms with E-state index in [1.807, 2.05) is 0 Å². The van der Waals surface area contributed by atoms with E-state index in [4.69, 9.17) is 10.8 Å². The van der Waals surface area contributed by atoms with Crippen LogP contribution in [0.1, 0.15) is 0 Å². The standard InChI is InChI=1S/C4H8FNO2S/c5-1-4(6,2-9)3(7)8/h9H,1-2,6H2,(H,7,8). The topological polar surface area (TPSA) is 63.3 Å². The lowest BCUT2D eigenvalue weighted by Crippen LogP contribution is -2.51. The Morgan fingerprint density at radius 2 is 2.33 bits per heavy atom. The Balaban J connectivity index is 4.09. The molecular formula is C4H8FNO2S. The third kappa shape index (κ3) is 1.83. The number of hydrogen-bond donors (Lipinski definition) is 3. The number of carboxylic acids is 1. The van der Waals surface area contributed by atoms with Gasteiger partial charge in [-0.2, -0.15) is 12.6 Å². The van der Waals surface area contributed by atoms with E-state index in [0.717, 1.165) is 0 Å². The second-order valence-electron chi connectivity index (χ2n) is 1.75. The molecule has 1 atom stereocenters. The summed E-state index contributed by atoms with van der Waals surface area (Å²) in [4.78, 5) is 10.1. The lowest BCUT2D eigenvalue weighted by Gasteiger charge is -2.16. The van der Waals surface area contributed by atoms with Gasteiger partial charge in [0.1, 0.15) is 6.67 Å². The van der Waals surface area contributed by atoms with E-state index in [1.165, 1.54) is 0 Å². The van der Waals surface area contributed by atoms with Gasteiger partial charge >= 0.3 is 5.97 Å². The van der Waals surface area contributed by atoms with Crippen LogP contribution in [0.3, 0.4) is 0 Å². The first-order chi connectivity index (χ1) is 4.06. The van der Waals surface area contributed by atoms with Crippen molar-refractivity contribution < 1.29 is 14.3 Å². The maximum atomic E-state index is 11.7. The summed E-state index contributed by atoms with van der Waals surface area (Å²) in [5.74, 6) is -1.56. The highest BCUT2D eigenvalue weighted by atomic mass is 32.1. The lowest BCUT2D eigenvalue weighted by atomic mass is 10.1. The minimum Gasteiger partial charge on any atom is -0.480 e. The Bertz CT molecular complexity index is 115. The molecule has 0 aliphatic carbocycles. The zero-order valence-corrected chi connectivity index (χ0v) is 5.57.